The second kappa shape index (κ2) is 5.54. The number of aryl methyl sites for hydroxylation is 1. The second-order valence-corrected chi connectivity index (χ2v) is 4.84. The molecule has 18 heavy (non-hydrogen) atoms. The van der Waals surface area contributed by atoms with Gasteiger partial charge in [-0.3, -0.25) is 0 Å². The standard InChI is InChI=1S/C12H11BrClN3O/c1-7-15-11(13)6-12(16-7)17-9-5-8(14)3-4-10(9)18-2/h3-6H,1-2H3,(H,15,16,17). The lowest BCUT2D eigenvalue weighted by Gasteiger charge is -2.11. The topological polar surface area (TPSA) is 47.0 Å². The van der Waals surface area contributed by atoms with Crippen LogP contribution in [0.15, 0.2) is 28.9 Å². The van der Waals surface area contributed by atoms with Crippen LogP contribution in [0.4, 0.5) is 11.5 Å². The zero-order chi connectivity index (χ0) is 13.1. The number of nitrogens with zero attached hydrogens (tertiary/aromatic N) is 2. The number of rotatable bonds is 3. The average molecular weight is 329 g/mol. The van der Waals surface area contributed by atoms with Crippen molar-refractivity contribution in [2.75, 3.05) is 12.4 Å². The Morgan fingerprint density at radius 3 is 2.72 bits per heavy atom. The highest BCUT2D eigenvalue weighted by atomic mass is 79.9. The molecule has 0 unspecified atom stereocenters. The summed E-state index contributed by atoms with van der Waals surface area (Å²) in [7, 11) is 1.61. The fourth-order valence-electron chi connectivity index (χ4n) is 1.51. The molecule has 0 atom stereocenters. The van der Waals surface area contributed by atoms with Crippen molar-refractivity contribution in [2.24, 2.45) is 0 Å². The zero-order valence-corrected chi connectivity index (χ0v) is 12.2. The van der Waals surface area contributed by atoms with Crippen LogP contribution in [-0.4, -0.2) is 17.1 Å². The first kappa shape index (κ1) is 13.1. The van der Waals surface area contributed by atoms with E-state index in [4.69, 9.17) is 16.3 Å². The van der Waals surface area contributed by atoms with Crippen molar-refractivity contribution < 1.29 is 4.74 Å². The minimum Gasteiger partial charge on any atom is -0.495 e. The lowest BCUT2D eigenvalue weighted by Crippen LogP contribution is -1.99. The molecule has 1 aromatic carbocycles. The van der Waals surface area contributed by atoms with Crippen LogP contribution < -0.4 is 10.1 Å². The number of halogens is 2. The maximum atomic E-state index is 5.96. The molecule has 6 heteroatoms. The summed E-state index contributed by atoms with van der Waals surface area (Å²) in [5.41, 5.74) is 0.759. The van der Waals surface area contributed by atoms with Crippen LogP contribution in [-0.2, 0) is 0 Å². The van der Waals surface area contributed by atoms with Crippen LogP contribution in [0.25, 0.3) is 0 Å². The van der Waals surface area contributed by atoms with Gasteiger partial charge in [0.2, 0.25) is 0 Å². The first-order valence-electron chi connectivity index (χ1n) is 5.20. The van der Waals surface area contributed by atoms with Gasteiger partial charge in [0.25, 0.3) is 0 Å². The van der Waals surface area contributed by atoms with E-state index in [1.54, 1.807) is 31.4 Å². The first-order valence-corrected chi connectivity index (χ1v) is 6.37. The Hall–Kier alpha value is -1.33. The molecule has 0 amide bonds. The van der Waals surface area contributed by atoms with Crippen LogP contribution in [0, 0.1) is 6.92 Å². The predicted octanol–water partition coefficient (Wildman–Crippen LogP) is 3.95. The van der Waals surface area contributed by atoms with E-state index in [9.17, 15) is 0 Å². The lowest BCUT2D eigenvalue weighted by molar-refractivity contribution is 0.417. The molecule has 0 aliphatic heterocycles. The number of hydrogen-bond donors (Lipinski definition) is 1. The van der Waals surface area contributed by atoms with Gasteiger partial charge in [0.1, 0.15) is 22.0 Å². The molecule has 0 saturated carbocycles. The molecule has 0 aliphatic carbocycles. The normalized spacial score (nSPS) is 10.2. The van der Waals surface area contributed by atoms with Crippen molar-refractivity contribution in [3.8, 4) is 5.75 Å². The van der Waals surface area contributed by atoms with Crippen LogP contribution in [0.1, 0.15) is 5.82 Å². The summed E-state index contributed by atoms with van der Waals surface area (Å²) >= 11 is 9.29. The predicted molar refractivity (Wildman–Crippen MR) is 75.8 cm³/mol. The lowest BCUT2D eigenvalue weighted by atomic mass is 10.3. The highest BCUT2D eigenvalue weighted by Crippen LogP contribution is 2.30. The van der Waals surface area contributed by atoms with Gasteiger partial charge >= 0.3 is 0 Å². The fraction of sp³-hybridized carbons (Fsp3) is 0.167. The molecule has 4 nitrogen and oxygen atoms in total. The van der Waals surface area contributed by atoms with E-state index in [1.807, 2.05) is 6.92 Å². The maximum absolute atomic E-state index is 5.96. The van der Waals surface area contributed by atoms with E-state index in [1.165, 1.54) is 0 Å². The molecule has 2 rings (SSSR count). The summed E-state index contributed by atoms with van der Waals surface area (Å²) in [6, 6.07) is 7.14. The number of aromatic nitrogens is 2. The summed E-state index contributed by atoms with van der Waals surface area (Å²) in [5.74, 6) is 2.05. The number of hydrogen-bond acceptors (Lipinski definition) is 4. The summed E-state index contributed by atoms with van der Waals surface area (Å²) < 4.78 is 5.98. The molecule has 1 aromatic heterocycles. The molecule has 2 aromatic rings. The SMILES string of the molecule is COc1ccc(Cl)cc1Nc1cc(Br)nc(C)n1. The third-order valence-electron chi connectivity index (χ3n) is 2.23. The summed E-state index contributed by atoms with van der Waals surface area (Å²) in [5, 5.41) is 3.78. The molecular weight excluding hydrogens is 318 g/mol. The second-order valence-electron chi connectivity index (χ2n) is 3.59. The Morgan fingerprint density at radius 1 is 1.28 bits per heavy atom. The zero-order valence-electron chi connectivity index (χ0n) is 9.87. The van der Waals surface area contributed by atoms with E-state index in [2.05, 4.69) is 31.2 Å². The Labute approximate surface area is 118 Å². The van der Waals surface area contributed by atoms with Crippen LogP contribution in [0.2, 0.25) is 5.02 Å². The van der Waals surface area contributed by atoms with Gasteiger partial charge in [-0.05, 0) is 41.1 Å². The molecule has 1 N–H and O–H groups in total. The summed E-state index contributed by atoms with van der Waals surface area (Å²) in [4.78, 5) is 8.43. The van der Waals surface area contributed by atoms with Crippen LogP contribution in [0.3, 0.4) is 0 Å². The van der Waals surface area contributed by atoms with Gasteiger partial charge in [-0.15, -0.1) is 0 Å². The van der Waals surface area contributed by atoms with E-state index in [-0.39, 0.29) is 0 Å². The Balaban J connectivity index is 2.35. The molecule has 0 saturated heterocycles. The van der Waals surface area contributed by atoms with Crippen LogP contribution >= 0.6 is 27.5 Å². The highest BCUT2D eigenvalue weighted by molar-refractivity contribution is 9.10. The van der Waals surface area contributed by atoms with E-state index in [0.29, 0.717) is 22.4 Å². The number of anilines is 2. The minimum atomic E-state index is 0.628. The average Bonchev–Trinajstić information content (AvgIpc) is 2.27. The largest absolute Gasteiger partial charge is 0.495 e. The first-order chi connectivity index (χ1) is 8.58. The van der Waals surface area contributed by atoms with Crippen LogP contribution in [0.5, 0.6) is 5.75 Å². The smallest absolute Gasteiger partial charge is 0.142 e. The molecule has 0 fully saturated rings. The number of ether oxygens (including phenoxy) is 1. The Kier molecular flexibility index (Phi) is 4.04. The highest BCUT2D eigenvalue weighted by Gasteiger charge is 2.06. The van der Waals surface area contributed by atoms with Gasteiger partial charge in [-0.25, -0.2) is 9.97 Å². The summed E-state index contributed by atoms with van der Waals surface area (Å²) in [6.45, 7) is 1.82. The minimum absolute atomic E-state index is 0.628. The molecule has 94 valence electrons. The third-order valence-corrected chi connectivity index (χ3v) is 2.87. The van der Waals surface area contributed by atoms with Gasteiger partial charge in [-0.2, -0.15) is 0 Å². The van der Waals surface area contributed by atoms with Gasteiger partial charge in [-0.1, -0.05) is 11.6 Å². The van der Waals surface area contributed by atoms with E-state index in [0.717, 1.165) is 10.3 Å². The van der Waals surface area contributed by atoms with Crippen molar-refractivity contribution in [2.45, 2.75) is 6.92 Å². The molecule has 1 heterocycles. The molecule has 0 bridgehead atoms. The monoisotopic (exact) mass is 327 g/mol. The van der Waals surface area contributed by atoms with Crippen molar-refractivity contribution in [1.82, 2.24) is 9.97 Å². The van der Waals surface area contributed by atoms with E-state index < -0.39 is 0 Å². The van der Waals surface area contributed by atoms with Crippen molar-refractivity contribution in [3.63, 3.8) is 0 Å². The quantitative estimate of drug-likeness (QED) is 0.867. The van der Waals surface area contributed by atoms with Gasteiger partial charge in [0.15, 0.2) is 0 Å². The molecule has 0 aliphatic rings. The molecular formula is C12H11BrClN3O. The number of methoxy groups -OCH3 is 1. The van der Waals surface area contributed by atoms with Crippen molar-refractivity contribution in [3.05, 3.63) is 39.7 Å². The molecule has 0 radical (unpaired) electrons. The third kappa shape index (κ3) is 3.11. The van der Waals surface area contributed by atoms with E-state index >= 15 is 0 Å². The Morgan fingerprint density at radius 2 is 2.06 bits per heavy atom. The summed E-state index contributed by atoms with van der Waals surface area (Å²) in [6.07, 6.45) is 0. The Bertz CT molecular complexity index is 557. The number of nitrogens with one attached hydrogen (secondary N) is 1. The number of benzene rings is 1. The maximum Gasteiger partial charge on any atom is 0.142 e. The molecule has 0 spiro atoms. The van der Waals surface area contributed by atoms with Gasteiger partial charge in [0.05, 0.1) is 12.8 Å². The van der Waals surface area contributed by atoms with Crippen molar-refractivity contribution in [1.29, 1.82) is 0 Å². The fourth-order valence-corrected chi connectivity index (χ4v) is 2.16. The van der Waals surface area contributed by atoms with Gasteiger partial charge < -0.3 is 10.1 Å². The van der Waals surface area contributed by atoms with Crippen molar-refractivity contribution >= 4 is 39.0 Å². The van der Waals surface area contributed by atoms with Gasteiger partial charge in [0, 0.05) is 11.1 Å².